The summed E-state index contributed by atoms with van der Waals surface area (Å²) in [6.45, 7) is 7.79. The van der Waals surface area contributed by atoms with Crippen LogP contribution in [0.5, 0.6) is 11.5 Å². The number of benzene rings is 4. The summed E-state index contributed by atoms with van der Waals surface area (Å²) >= 11 is 0. The number of nitrogens with one attached hydrogen (secondary N) is 4. The van der Waals surface area contributed by atoms with E-state index in [0.717, 1.165) is 63.9 Å². The molecule has 0 amide bonds. The molecule has 4 aromatic carbocycles. The normalized spacial score (nSPS) is 10.9. The van der Waals surface area contributed by atoms with Crippen molar-refractivity contribution in [2.24, 2.45) is 0 Å². The lowest BCUT2D eigenvalue weighted by atomic mass is 10.0. The van der Waals surface area contributed by atoms with Gasteiger partial charge >= 0.3 is 0 Å². The standard InChI is InChI=1S/C42H58N4O2.ClH/c1-47-41-17-9-7-15-39(41)33-45-29-13-5-3-11-27-43-31-35-19-23-37(24-20-35)38-25-21-36(22-26-38)32-44-28-12-4-6-14-30-46-34-40-16-8-10-18-42(40)48-2;/h7-10,15-26,43-46H,3-6,11-14,27-34H2,1-2H3;1H. The van der Waals surface area contributed by atoms with E-state index < -0.39 is 0 Å². The molecule has 4 rings (SSSR count). The van der Waals surface area contributed by atoms with Crippen LogP contribution in [-0.4, -0.2) is 40.4 Å². The number of unbranched alkanes of at least 4 members (excludes halogenated alkanes) is 6. The average Bonchev–Trinajstić information content (AvgIpc) is 3.14. The second kappa shape index (κ2) is 24.7. The van der Waals surface area contributed by atoms with Gasteiger partial charge in [-0.05, 0) is 86.2 Å². The highest BCUT2D eigenvalue weighted by Gasteiger charge is 2.03. The molecule has 0 spiro atoms. The second-order valence-electron chi connectivity index (χ2n) is 12.6. The molecule has 0 fully saturated rings. The molecule has 0 saturated heterocycles. The molecular weight excluding hydrogens is 628 g/mol. The third-order valence-electron chi connectivity index (χ3n) is 8.83. The lowest BCUT2D eigenvalue weighted by Crippen LogP contribution is -2.16. The van der Waals surface area contributed by atoms with Gasteiger partial charge in [0, 0.05) is 37.3 Å². The molecular formula is C42H59ClN4O2. The van der Waals surface area contributed by atoms with Crippen molar-refractivity contribution in [1.82, 2.24) is 21.3 Å². The van der Waals surface area contributed by atoms with Gasteiger partial charge < -0.3 is 30.7 Å². The Kier molecular flexibility index (Phi) is 20.2. The van der Waals surface area contributed by atoms with E-state index in [9.17, 15) is 0 Å². The first-order valence-electron chi connectivity index (χ1n) is 18.0. The van der Waals surface area contributed by atoms with Gasteiger partial charge in [0.15, 0.2) is 0 Å². The first-order chi connectivity index (χ1) is 23.8. The summed E-state index contributed by atoms with van der Waals surface area (Å²) in [7, 11) is 3.47. The van der Waals surface area contributed by atoms with Crippen LogP contribution in [0, 0.1) is 0 Å². The van der Waals surface area contributed by atoms with Crippen LogP contribution in [0.1, 0.15) is 73.6 Å². The van der Waals surface area contributed by atoms with Gasteiger partial charge in [-0.2, -0.15) is 0 Å². The van der Waals surface area contributed by atoms with Crippen LogP contribution < -0.4 is 30.7 Å². The van der Waals surface area contributed by atoms with Gasteiger partial charge in [-0.15, -0.1) is 12.4 Å². The van der Waals surface area contributed by atoms with E-state index in [1.807, 2.05) is 24.3 Å². The number of hydrogen-bond acceptors (Lipinski definition) is 6. The highest BCUT2D eigenvalue weighted by molar-refractivity contribution is 5.85. The molecule has 0 aliphatic carbocycles. The van der Waals surface area contributed by atoms with Crippen LogP contribution in [0.15, 0.2) is 97.1 Å². The van der Waals surface area contributed by atoms with Crippen molar-refractivity contribution in [2.75, 3.05) is 40.4 Å². The first kappa shape index (κ1) is 40.0. The topological polar surface area (TPSA) is 66.6 Å². The Balaban J connectivity index is 0.00000650. The first-order valence-corrected chi connectivity index (χ1v) is 18.0. The third-order valence-corrected chi connectivity index (χ3v) is 8.83. The minimum atomic E-state index is 0. The van der Waals surface area contributed by atoms with Crippen molar-refractivity contribution < 1.29 is 9.47 Å². The Morgan fingerprint density at radius 3 is 1.06 bits per heavy atom. The Bertz CT molecular complexity index is 1310. The lowest BCUT2D eigenvalue weighted by Gasteiger charge is -2.10. The summed E-state index contributed by atoms with van der Waals surface area (Å²) in [5, 5.41) is 14.3. The summed E-state index contributed by atoms with van der Waals surface area (Å²) in [5.74, 6) is 1.92. The molecule has 49 heavy (non-hydrogen) atoms. The lowest BCUT2D eigenvalue weighted by molar-refractivity contribution is 0.407. The Hall–Kier alpha value is -3.39. The number of hydrogen-bond donors (Lipinski definition) is 4. The Morgan fingerprint density at radius 2 is 0.714 bits per heavy atom. The molecule has 0 atom stereocenters. The molecule has 0 heterocycles. The van der Waals surface area contributed by atoms with Crippen molar-refractivity contribution in [3.8, 4) is 22.6 Å². The van der Waals surface area contributed by atoms with Crippen LogP contribution in [0.25, 0.3) is 11.1 Å². The van der Waals surface area contributed by atoms with Crippen LogP contribution in [-0.2, 0) is 26.2 Å². The summed E-state index contributed by atoms with van der Waals surface area (Å²) in [4.78, 5) is 0. The largest absolute Gasteiger partial charge is 0.496 e. The van der Waals surface area contributed by atoms with Gasteiger partial charge in [-0.1, -0.05) is 111 Å². The van der Waals surface area contributed by atoms with Crippen molar-refractivity contribution in [2.45, 2.75) is 77.5 Å². The Morgan fingerprint density at radius 1 is 0.388 bits per heavy atom. The number of ether oxygens (including phenoxy) is 2. The van der Waals surface area contributed by atoms with Gasteiger partial charge in [-0.25, -0.2) is 0 Å². The molecule has 266 valence electrons. The fraction of sp³-hybridized carbons (Fsp3) is 0.429. The molecule has 0 aromatic heterocycles. The zero-order valence-electron chi connectivity index (χ0n) is 29.8. The SMILES string of the molecule is COc1ccccc1CNCCCCCCNCc1ccc(-c2ccc(CNCCCCCCNCc3ccccc3OC)cc2)cc1.Cl. The quantitative estimate of drug-likeness (QED) is 0.0524. The van der Waals surface area contributed by atoms with E-state index in [-0.39, 0.29) is 12.4 Å². The number of methoxy groups -OCH3 is 2. The predicted molar refractivity (Wildman–Crippen MR) is 209 cm³/mol. The fourth-order valence-corrected chi connectivity index (χ4v) is 5.95. The van der Waals surface area contributed by atoms with E-state index in [0.29, 0.717) is 0 Å². The van der Waals surface area contributed by atoms with E-state index >= 15 is 0 Å². The Labute approximate surface area is 302 Å². The van der Waals surface area contributed by atoms with Crippen molar-refractivity contribution >= 4 is 12.4 Å². The van der Waals surface area contributed by atoms with Gasteiger partial charge in [0.05, 0.1) is 14.2 Å². The maximum atomic E-state index is 5.43. The average molecular weight is 687 g/mol. The van der Waals surface area contributed by atoms with Crippen LogP contribution >= 0.6 is 12.4 Å². The maximum Gasteiger partial charge on any atom is 0.123 e. The molecule has 6 nitrogen and oxygen atoms in total. The molecule has 0 saturated carbocycles. The predicted octanol–water partition coefficient (Wildman–Crippen LogP) is 8.67. The molecule has 0 radical (unpaired) electrons. The van der Waals surface area contributed by atoms with Crippen molar-refractivity contribution in [3.05, 3.63) is 119 Å². The van der Waals surface area contributed by atoms with E-state index in [2.05, 4.69) is 94.1 Å². The minimum absolute atomic E-state index is 0. The zero-order valence-corrected chi connectivity index (χ0v) is 30.6. The van der Waals surface area contributed by atoms with Crippen molar-refractivity contribution in [3.63, 3.8) is 0 Å². The maximum absolute atomic E-state index is 5.43. The van der Waals surface area contributed by atoms with Gasteiger partial charge in [-0.3, -0.25) is 0 Å². The molecule has 0 bridgehead atoms. The van der Waals surface area contributed by atoms with E-state index in [1.54, 1.807) is 14.2 Å². The third kappa shape index (κ3) is 15.4. The number of halogens is 1. The van der Waals surface area contributed by atoms with E-state index in [4.69, 9.17) is 9.47 Å². The minimum Gasteiger partial charge on any atom is -0.496 e. The summed E-state index contributed by atoms with van der Waals surface area (Å²) in [6, 6.07) is 34.4. The highest BCUT2D eigenvalue weighted by Crippen LogP contribution is 2.21. The fourth-order valence-electron chi connectivity index (χ4n) is 5.95. The summed E-state index contributed by atoms with van der Waals surface area (Å²) in [5.41, 5.74) is 7.66. The molecule has 4 N–H and O–H groups in total. The van der Waals surface area contributed by atoms with Crippen LogP contribution in [0.3, 0.4) is 0 Å². The van der Waals surface area contributed by atoms with Crippen LogP contribution in [0.2, 0.25) is 0 Å². The number of rotatable bonds is 25. The van der Waals surface area contributed by atoms with Gasteiger partial charge in [0.1, 0.15) is 11.5 Å². The van der Waals surface area contributed by atoms with Crippen LogP contribution in [0.4, 0.5) is 0 Å². The summed E-state index contributed by atoms with van der Waals surface area (Å²) in [6.07, 6.45) is 9.90. The monoisotopic (exact) mass is 686 g/mol. The molecule has 4 aromatic rings. The zero-order chi connectivity index (χ0) is 33.5. The van der Waals surface area contributed by atoms with E-state index in [1.165, 1.54) is 84.7 Å². The van der Waals surface area contributed by atoms with Gasteiger partial charge in [0.25, 0.3) is 0 Å². The molecule has 0 unspecified atom stereocenters. The molecule has 7 heteroatoms. The van der Waals surface area contributed by atoms with Crippen molar-refractivity contribution in [1.29, 1.82) is 0 Å². The molecule has 0 aliphatic rings. The molecule has 0 aliphatic heterocycles. The second-order valence-corrected chi connectivity index (χ2v) is 12.6. The highest BCUT2D eigenvalue weighted by atomic mass is 35.5. The van der Waals surface area contributed by atoms with Gasteiger partial charge in [0.2, 0.25) is 0 Å². The smallest absolute Gasteiger partial charge is 0.123 e. The number of para-hydroxylation sites is 2. The summed E-state index contributed by atoms with van der Waals surface area (Å²) < 4.78 is 10.9.